The van der Waals surface area contributed by atoms with E-state index in [9.17, 15) is 0 Å². The van der Waals surface area contributed by atoms with Gasteiger partial charge in [0.25, 0.3) is 0 Å². The van der Waals surface area contributed by atoms with Crippen molar-refractivity contribution in [3.63, 3.8) is 0 Å². The zero-order valence-corrected chi connectivity index (χ0v) is 16.5. The van der Waals surface area contributed by atoms with Crippen LogP contribution in [0, 0.1) is 13.8 Å². The first-order chi connectivity index (χ1) is 13.2. The maximum Gasteiger partial charge on any atom is -0.00237 e. The highest BCUT2D eigenvalue weighted by Crippen LogP contribution is 2.40. The molecule has 0 saturated heterocycles. The van der Waals surface area contributed by atoms with Crippen LogP contribution in [0.1, 0.15) is 47.6 Å². The molecule has 0 N–H and O–H groups in total. The van der Waals surface area contributed by atoms with E-state index >= 15 is 0 Å². The fourth-order valence-corrected chi connectivity index (χ4v) is 4.36. The van der Waals surface area contributed by atoms with Gasteiger partial charge in [-0.15, -0.1) is 0 Å². The molecule has 3 aromatic rings. The van der Waals surface area contributed by atoms with Gasteiger partial charge in [-0.2, -0.15) is 0 Å². The van der Waals surface area contributed by atoms with Gasteiger partial charge < -0.3 is 0 Å². The molecule has 0 spiro atoms. The zero-order chi connectivity index (χ0) is 19.0. The largest absolute Gasteiger partial charge is 0.0984 e. The maximum atomic E-state index is 4.14. The molecule has 3 aromatic carbocycles. The summed E-state index contributed by atoms with van der Waals surface area (Å²) in [7, 11) is 0. The lowest BCUT2D eigenvalue weighted by molar-refractivity contribution is 1.04. The number of fused-ring (bicyclic) bond motifs is 3. The average Bonchev–Trinajstić information content (AvgIpc) is 2.72. The lowest BCUT2D eigenvalue weighted by atomic mass is 9.84. The predicted molar refractivity (Wildman–Crippen MR) is 122 cm³/mol. The SMILES string of the molecule is C=Cc1c(C)c(C)c(/C=C\C)c2cc(C3=CCCC=C3)c3ccccc3c12. The van der Waals surface area contributed by atoms with Crippen molar-refractivity contribution in [2.75, 3.05) is 0 Å². The zero-order valence-electron chi connectivity index (χ0n) is 16.5. The third-order valence-corrected chi connectivity index (χ3v) is 5.82. The van der Waals surface area contributed by atoms with Crippen LogP contribution in [0.2, 0.25) is 0 Å². The molecule has 1 aliphatic carbocycles. The molecule has 0 amide bonds. The van der Waals surface area contributed by atoms with Crippen LogP contribution in [-0.2, 0) is 0 Å². The number of benzene rings is 3. The van der Waals surface area contributed by atoms with E-state index in [1.54, 1.807) is 0 Å². The summed E-state index contributed by atoms with van der Waals surface area (Å²) in [5.41, 5.74) is 7.90. The van der Waals surface area contributed by atoms with E-state index in [2.05, 4.69) is 88.1 Å². The third-order valence-electron chi connectivity index (χ3n) is 5.82. The highest BCUT2D eigenvalue weighted by Gasteiger charge is 2.17. The van der Waals surface area contributed by atoms with Crippen LogP contribution in [0.5, 0.6) is 0 Å². The van der Waals surface area contributed by atoms with E-state index < -0.39 is 0 Å². The van der Waals surface area contributed by atoms with Gasteiger partial charge in [-0.05, 0) is 94.6 Å². The van der Waals surface area contributed by atoms with Gasteiger partial charge >= 0.3 is 0 Å². The lowest BCUT2D eigenvalue weighted by Crippen LogP contribution is -1.97. The molecular weight excluding hydrogens is 324 g/mol. The summed E-state index contributed by atoms with van der Waals surface area (Å²) in [4.78, 5) is 0. The van der Waals surface area contributed by atoms with Gasteiger partial charge in [0.1, 0.15) is 0 Å². The second-order valence-electron chi connectivity index (χ2n) is 7.31. The Morgan fingerprint density at radius 3 is 2.33 bits per heavy atom. The molecule has 0 bridgehead atoms. The molecule has 0 radical (unpaired) electrons. The molecular formula is C27H26. The first kappa shape index (κ1) is 17.5. The Hall–Kier alpha value is -2.86. The molecule has 1 aliphatic rings. The third kappa shape index (κ3) is 2.77. The summed E-state index contributed by atoms with van der Waals surface area (Å²) in [6.07, 6.45) is 15.6. The molecule has 0 fully saturated rings. The van der Waals surface area contributed by atoms with Crippen molar-refractivity contribution in [1.82, 2.24) is 0 Å². The van der Waals surface area contributed by atoms with E-state index in [1.807, 2.05) is 6.08 Å². The summed E-state index contributed by atoms with van der Waals surface area (Å²) in [5.74, 6) is 0. The highest BCUT2D eigenvalue weighted by molar-refractivity contribution is 6.17. The van der Waals surface area contributed by atoms with Crippen molar-refractivity contribution in [2.24, 2.45) is 0 Å². The number of rotatable bonds is 3. The minimum absolute atomic E-state index is 1.12. The number of hydrogen-bond donors (Lipinski definition) is 0. The Morgan fingerprint density at radius 1 is 0.926 bits per heavy atom. The Balaban J connectivity index is 2.26. The van der Waals surface area contributed by atoms with E-state index in [-0.39, 0.29) is 0 Å². The first-order valence-electron chi connectivity index (χ1n) is 9.78. The van der Waals surface area contributed by atoms with Gasteiger partial charge in [0.15, 0.2) is 0 Å². The van der Waals surface area contributed by atoms with Crippen molar-refractivity contribution in [2.45, 2.75) is 33.6 Å². The van der Waals surface area contributed by atoms with Crippen LogP contribution in [0.4, 0.5) is 0 Å². The molecule has 0 saturated carbocycles. The van der Waals surface area contributed by atoms with Gasteiger partial charge in [0, 0.05) is 0 Å². The van der Waals surface area contributed by atoms with Crippen molar-refractivity contribution < 1.29 is 0 Å². The fraction of sp³-hybridized carbons (Fsp3) is 0.185. The van der Waals surface area contributed by atoms with E-state index in [0.717, 1.165) is 12.8 Å². The van der Waals surface area contributed by atoms with Crippen molar-refractivity contribution in [3.05, 3.63) is 89.0 Å². The topological polar surface area (TPSA) is 0 Å². The maximum absolute atomic E-state index is 4.14. The van der Waals surface area contributed by atoms with Gasteiger partial charge in [0.05, 0.1) is 0 Å². The fourth-order valence-electron chi connectivity index (χ4n) is 4.36. The van der Waals surface area contributed by atoms with Crippen molar-refractivity contribution >= 4 is 39.3 Å². The summed E-state index contributed by atoms with van der Waals surface area (Å²) < 4.78 is 0. The van der Waals surface area contributed by atoms with Crippen LogP contribution < -0.4 is 0 Å². The molecule has 0 unspecified atom stereocenters. The predicted octanol–water partition coefficient (Wildman–Crippen LogP) is 8.02. The van der Waals surface area contributed by atoms with Crippen LogP contribution >= 0.6 is 0 Å². The Bertz CT molecular complexity index is 1150. The molecule has 0 heterocycles. The van der Waals surface area contributed by atoms with E-state index in [1.165, 1.54) is 54.9 Å². The average molecular weight is 351 g/mol. The van der Waals surface area contributed by atoms with Crippen molar-refractivity contribution in [3.8, 4) is 0 Å². The van der Waals surface area contributed by atoms with Crippen LogP contribution in [-0.4, -0.2) is 0 Å². The lowest BCUT2D eigenvalue weighted by Gasteiger charge is -2.20. The van der Waals surface area contributed by atoms with E-state index in [4.69, 9.17) is 0 Å². The Kier molecular flexibility index (Phi) is 4.58. The van der Waals surface area contributed by atoms with Crippen molar-refractivity contribution in [1.29, 1.82) is 0 Å². The summed E-state index contributed by atoms with van der Waals surface area (Å²) in [6.45, 7) is 10.7. The van der Waals surface area contributed by atoms with Gasteiger partial charge in [-0.3, -0.25) is 0 Å². The second kappa shape index (κ2) is 7.04. The smallest absolute Gasteiger partial charge is 0.00237 e. The van der Waals surface area contributed by atoms with E-state index in [0.29, 0.717) is 0 Å². The van der Waals surface area contributed by atoms with Crippen LogP contribution in [0.15, 0.2) is 61.2 Å². The first-order valence-corrected chi connectivity index (χ1v) is 9.78. The quantitative estimate of drug-likeness (QED) is 0.419. The van der Waals surface area contributed by atoms with Gasteiger partial charge in [-0.1, -0.05) is 67.3 Å². The number of allylic oxidation sites excluding steroid dienone is 5. The summed E-state index contributed by atoms with van der Waals surface area (Å²) in [5, 5.41) is 5.27. The minimum Gasteiger partial charge on any atom is -0.0984 e. The van der Waals surface area contributed by atoms with Gasteiger partial charge in [-0.25, -0.2) is 0 Å². The normalized spacial score (nSPS) is 14.3. The molecule has 134 valence electrons. The monoisotopic (exact) mass is 350 g/mol. The van der Waals surface area contributed by atoms with Crippen LogP contribution in [0.3, 0.4) is 0 Å². The minimum atomic E-state index is 1.12. The van der Waals surface area contributed by atoms with Gasteiger partial charge in [0.2, 0.25) is 0 Å². The molecule has 0 nitrogen and oxygen atoms in total. The van der Waals surface area contributed by atoms with Crippen LogP contribution in [0.25, 0.3) is 39.3 Å². The molecule has 4 rings (SSSR count). The summed E-state index contributed by atoms with van der Waals surface area (Å²) >= 11 is 0. The molecule has 0 aliphatic heterocycles. The Labute approximate surface area is 162 Å². The molecule has 0 aromatic heterocycles. The Morgan fingerprint density at radius 2 is 1.67 bits per heavy atom. The number of hydrogen-bond acceptors (Lipinski definition) is 0. The second-order valence-corrected chi connectivity index (χ2v) is 7.31. The molecule has 0 heteroatoms. The molecule has 27 heavy (non-hydrogen) atoms. The standard InChI is InChI=1S/C27H26/c1-5-12-22-19(4)18(3)21(6-2)27-24-16-11-10-15-23(24)25(17-26(22)27)20-13-8-7-9-14-20/h5-6,8,10-17H,2,7,9H2,1,3-4H3/b12-5-. The summed E-state index contributed by atoms with van der Waals surface area (Å²) in [6, 6.07) is 11.2. The highest BCUT2D eigenvalue weighted by atomic mass is 14.2. The molecule has 0 atom stereocenters.